The van der Waals surface area contributed by atoms with Crippen LogP contribution < -0.4 is 5.32 Å². The van der Waals surface area contributed by atoms with E-state index in [0.29, 0.717) is 10.2 Å². The Morgan fingerprint density at radius 2 is 1.96 bits per heavy atom. The molecule has 1 N–H and O–H groups in total. The van der Waals surface area contributed by atoms with Crippen LogP contribution in [0.25, 0.3) is 11.4 Å². The number of pyridine rings is 1. The highest BCUT2D eigenvalue weighted by Crippen LogP contribution is 2.24. The van der Waals surface area contributed by atoms with Crippen molar-refractivity contribution in [2.24, 2.45) is 7.05 Å². The third-order valence-corrected chi connectivity index (χ3v) is 5.22. The van der Waals surface area contributed by atoms with Crippen molar-refractivity contribution in [3.63, 3.8) is 0 Å². The van der Waals surface area contributed by atoms with Gasteiger partial charge < -0.3 is 9.88 Å². The predicted molar refractivity (Wildman–Crippen MR) is 103 cm³/mol. The highest BCUT2D eigenvalue weighted by molar-refractivity contribution is 7.99. The average molecular weight is 388 g/mol. The van der Waals surface area contributed by atoms with E-state index >= 15 is 0 Å². The maximum atomic E-state index is 12.3. The van der Waals surface area contributed by atoms with Gasteiger partial charge in [-0.3, -0.25) is 9.78 Å². The summed E-state index contributed by atoms with van der Waals surface area (Å²) in [6, 6.07) is 11.1. The van der Waals surface area contributed by atoms with E-state index in [2.05, 4.69) is 20.5 Å². The SMILES string of the molecule is C[C@H](NC(=O)CSc1nnc(-c2ccncc2)n1C)c1ccccc1Cl. The van der Waals surface area contributed by atoms with Crippen LogP contribution in [-0.2, 0) is 11.8 Å². The van der Waals surface area contributed by atoms with Crippen molar-refractivity contribution in [3.05, 3.63) is 59.4 Å². The second-order valence-electron chi connectivity index (χ2n) is 5.70. The van der Waals surface area contributed by atoms with E-state index < -0.39 is 0 Å². The number of thioether (sulfide) groups is 1. The first-order chi connectivity index (χ1) is 12.6. The van der Waals surface area contributed by atoms with Crippen LogP contribution in [0.4, 0.5) is 0 Å². The first-order valence-corrected chi connectivity index (χ1v) is 9.39. The van der Waals surface area contributed by atoms with Crippen molar-refractivity contribution in [1.82, 2.24) is 25.1 Å². The van der Waals surface area contributed by atoms with Crippen LogP contribution >= 0.6 is 23.4 Å². The Morgan fingerprint density at radius 3 is 2.69 bits per heavy atom. The van der Waals surface area contributed by atoms with E-state index in [-0.39, 0.29) is 17.7 Å². The second-order valence-corrected chi connectivity index (χ2v) is 7.05. The molecule has 0 aliphatic rings. The number of aromatic nitrogens is 4. The molecule has 0 aliphatic carbocycles. The number of benzene rings is 1. The van der Waals surface area contributed by atoms with Gasteiger partial charge in [-0.25, -0.2) is 0 Å². The van der Waals surface area contributed by atoms with Gasteiger partial charge in [0.1, 0.15) is 0 Å². The lowest BCUT2D eigenvalue weighted by Gasteiger charge is -2.15. The molecule has 0 saturated carbocycles. The fraction of sp³-hybridized carbons (Fsp3) is 0.222. The van der Waals surface area contributed by atoms with E-state index in [4.69, 9.17) is 11.6 Å². The summed E-state index contributed by atoms with van der Waals surface area (Å²) in [5.41, 5.74) is 1.82. The molecule has 1 amide bonds. The normalized spacial score (nSPS) is 12.0. The van der Waals surface area contributed by atoms with E-state index in [9.17, 15) is 4.79 Å². The van der Waals surface area contributed by atoms with Gasteiger partial charge >= 0.3 is 0 Å². The van der Waals surface area contributed by atoms with Crippen LogP contribution in [0.3, 0.4) is 0 Å². The lowest BCUT2D eigenvalue weighted by molar-refractivity contribution is -0.119. The molecular weight excluding hydrogens is 370 g/mol. The summed E-state index contributed by atoms with van der Waals surface area (Å²) in [4.78, 5) is 16.3. The molecule has 0 radical (unpaired) electrons. The van der Waals surface area contributed by atoms with Gasteiger partial charge in [0, 0.05) is 30.0 Å². The first kappa shape index (κ1) is 18.4. The summed E-state index contributed by atoms with van der Waals surface area (Å²) in [6.07, 6.45) is 3.42. The van der Waals surface area contributed by atoms with Crippen LogP contribution in [-0.4, -0.2) is 31.4 Å². The third kappa shape index (κ3) is 4.23. The van der Waals surface area contributed by atoms with Crippen LogP contribution in [0.5, 0.6) is 0 Å². The average Bonchev–Trinajstić information content (AvgIpc) is 3.01. The summed E-state index contributed by atoms with van der Waals surface area (Å²) in [5, 5.41) is 12.6. The van der Waals surface area contributed by atoms with Gasteiger partial charge in [-0.15, -0.1) is 10.2 Å². The van der Waals surface area contributed by atoms with E-state index in [1.165, 1.54) is 11.8 Å². The number of amides is 1. The lowest BCUT2D eigenvalue weighted by Crippen LogP contribution is -2.28. The van der Waals surface area contributed by atoms with Crippen LogP contribution in [0, 0.1) is 0 Å². The fourth-order valence-corrected chi connectivity index (χ4v) is 3.53. The molecule has 0 unspecified atom stereocenters. The van der Waals surface area contributed by atoms with Crippen molar-refractivity contribution in [3.8, 4) is 11.4 Å². The summed E-state index contributed by atoms with van der Waals surface area (Å²) >= 11 is 7.52. The number of carbonyl (C=O) groups is 1. The highest BCUT2D eigenvalue weighted by atomic mass is 35.5. The minimum atomic E-state index is -0.163. The maximum absolute atomic E-state index is 12.3. The zero-order valence-corrected chi connectivity index (χ0v) is 16.0. The van der Waals surface area contributed by atoms with Crippen LogP contribution in [0.2, 0.25) is 5.02 Å². The Bertz CT molecular complexity index is 900. The van der Waals surface area contributed by atoms with Gasteiger partial charge in [0.15, 0.2) is 11.0 Å². The standard InChI is InChI=1S/C18H18ClN5OS/c1-12(14-5-3-4-6-15(14)19)21-16(25)11-26-18-23-22-17(24(18)2)13-7-9-20-10-8-13/h3-10,12H,11H2,1-2H3,(H,21,25)/t12-/m0/s1. The largest absolute Gasteiger partial charge is 0.349 e. The van der Waals surface area contributed by atoms with Crippen molar-refractivity contribution in [2.75, 3.05) is 5.75 Å². The monoisotopic (exact) mass is 387 g/mol. The minimum Gasteiger partial charge on any atom is -0.349 e. The van der Waals surface area contributed by atoms with Gasteiger partial charge in [-0.2, -0.15) is 0 Å². The molecular formula is C18H18ClN5OS. The number of carbonyl (C=O) groups excluding carboxylic acids is 1. The molecule has 0 spiro atoms. The molecule has 0 bridgehead atoms. The Morgan fingerprint density at radius 1 is 1.23 bits per heavy atom. The number of nitrogens with one attached hydrogen (secondary N) is 1. The Hall–Kier alpha value is -2.38. The van der Waals surface area contributed by atoms with Gasteiger partial charge in [0.25, 0.3) is 0 Å². The van der Waals surface area contributed by atoms with E-state index in [1.54, 1.807) is 12.4 Å². The summed E-state index contributed by atoms with van der Waals surface area (Å²) in [6.45, 7) is 1.91. The fourth-order valence-electron chi connectivity index (χ4n) is 2.51. The molecule has 2 heterocycles. The molecule has 0 aliphatic heterocycles. The third-order valence-electron chi connectivity index (χ3n) is 3.86. The van der Waals surface area contributed by atoms with Crippen molar-refractivity contribution >= 4 is 29.3 Å². The van der Waals surface area contributed by atoms with Crippen molar-refractivity contribution in [1.29, 1.82) is 0 Å². The topological polar surface area (TPSA) is 72.7 Å². The zero-order chi connectivity index (χ0) is 18.5. The van der Waals surface area contributed by atoms with Gasteiger partial charge in [-0.05, 0) is 30.7 Å². The van der Waals surface area contributed by atoms with Crippen LogP contribution in [0.1, 0.15) is 18.5 Å². The van der Waals surface area contributed by atoms with Gasteiger partial charge in [0.2, 0.25) is 5.91 Å². The van der Waals surface area contributed by atoms with Crippen molar-refractivity contribution in [2.45, 2.75) is 18.1 Å². The van der Waals surface area contributed by atoms with Gasteiger partial charge in [-0.1, -0.05) is 41.6 Å². The molecule has 2 aromatic heterocycles. The van der Waals surface area contributed by atoms with E-state index in [1.807, 2.05) is 54.9 Å². The number of halogens is 1. The molecule has 0 fully saturated rings. The summed E-state index contributed by atoms with van der Waals surface area (Å²) in [5.74, 6) is 0.896. The number of nitrogens with zero attached hydrogens (tertiary/aromatic N) is 4. The predicted octanol–water partition coefficient (Wildman–Crippen LogP) is 3.50. The minimum absolute atomic E-state index is 0.0871. The number of rotatable bonds is 6. The summed E-state index contributed by atoms with van der Waals surface area (Å²) in [7, 11) is 1.88. The lowest BCUT2D eigenvalue weighted by atomic mass is 10.1. The Labute approximate surface area is 161 Å². The molecule has 3 aromatic rings. The molecule has 134 valence electrons. The van der Waals surface area contributed by atoms with Crippen molar-refractivity contribution < 1.29 is 4.79 Å². The Balaban J connectivity index is 1.60. The highest BCUT2D eigenvalue weighted by Gasteiger charge is 2.15. The molecule has 3 rings (SSSR count). The molecule has 0 saturated heterocycles. The van der Waals surface area contributed by atoms with Gasteiger partial charge in [0.05, 0.1) is 11.8 Å². The molecule has 26 heavy (non-hydrogen) atoms. The van der Waals surface area contributed by atoms with Crippen LogP contribution in [0.15, 0.2) is 53.9 Å². The molecule has 1 aromatic carbocycles. The zero-order valence-electron chi connectivity index (χ0n) is 14.4. The quantitative estimate of drug-likeness (QED) is 0.655. The molecule has 6 nitrogen and oxygen atoms in total. The maximum Gasteiger partial charge on any atom is 0.230 e. The summed E-state index contributed by atoms with van der Waals surface area (Å²) < 4.78 is 1.87. The number of hydrogen-bond acceptors (Lipinski definition) is 5. The second kappa shape index (κ2) is 8.33. The first-order valence-electron chi connectivity index (χ1n) is 8.02. The van der Waals surface area contributed by atoms with E-state index in [0.717, 1.165) is 17.0 Å². The Kier molecular flexibility index (Phi) is 5.90. The molecule has 8 heteroatoms. The smallest absolute Gasteiger partial charge is 0.230 e. The molecule has 1 atom stereocenters. The number of hydrogen-bond donors (Lipinski definition) is 1.